The molecule has 0 heterocycles. The molecule has 1 unspecified atom stereocenters. The molecule has 1 nitrogen and oxygen atoms in total. The molecule has 0 amide bonds. The van der Waals surface area contributed by atoms with Crippen molar-refractivity contribution in [1.29, 1.82) is 0 Å². The zero-order valence-corrected chi connectivity index (χ0v) is 37.4. The number of nitrogens with zero attached hydrogens (tertiary/aromatic N) is 1. The first kappa shape index (κ1) is 38.3. The second kappa shape index (κ2) is 14.1. The molecular weight excluding hydrogens is 783 g/mol. The van der Waals surface area contributed by atoms with Crippen molar-refractivity contribution in [2.75, 3.05) is 4.90 Å². The van der Waals surface area contributed by atoms with Crippen molar-refractivity contribution in [2.24, 2.45) is 0 Å². The van der Waals surface area contributed by atoms with Gasteiger partial charge in [0.1, 0.15) is 0 Å². The van der Waals surface area contributed by atoms with E-state index in [9.17, 15) is 0 Å². The SMILES string of the molecule is CC1(C)c2ccccc2-c2cccc(-c3cccc(N(c4ccc(-c5ccc6c(c5)C(C)(c5ccccc5)c5ccccc5-6)cc4)c4ccc5c(c4)C4(CCCC4)c4ccccc4-5)c3)c21. The van der Waals surface area contributed by atoms with Crippen LogP contribution < -0.4 is 4.90 Å². The lowest BCUT2D eigenvalue weighted by molar-refractivity contribution is 0.550. The molecule has 4 aliphatic rings. The summed E-state index contributed by atoms with van der Waals surface area (Å²) in [4.78, 5) is 2.51. The molecule has 9 aromatic carbocycles. The summed E-state index contributed by atoms with van der Waals surface area (Å²) in [6.45, 7) is 7.19. The summed E-state index contributed by atoms with van der Waals surface area (Å²) in [7, 11) is 0. The van der Waals surface area contributed by atoms with Crippen LogP contribution >= 0.6 is 0 Å². The Hall–Kier alpha value is -7.22. The Morgan fingerprint density at radius 2 is 0.877 bits per heavy atom. The third-order valence-electron chi connectivity index (χ3n) is 16.1. The van der Waals surface area contributed by atoms with Crippen molar-refractivity contribution < 1.29 is 0 Å². The summed E-state index contributed by atoms with van der Waals surface area (Å²) in [5, 5.41) is 0. The Bertz CT molecular complexity index is 3360. The van der Waals surface area contributed by atoms with Crippen LogP contribution in [0.15, 0.2) is 206 Å². The van der Waals surface area contributed by atoms with E-state index in [1.165, 1.54) is 126 Å². The minimum Gasteiger partial charge on any atom is -0.310 e. The normalized spacial score (nSPS) is 17.5. The third-order valence-corrected chi connectivity index (χ3v) is 16.1. The fourth-order valence-electron chi connectivity index (χ4n) is 13.0. The van der Waals surface area contributed by atoms with Gasteiger partial charge in [-0.15, -0.1) is 0 Å². The van der Waals surface area contributed by atoms with Crippen LogP contribution in [-0.2, 0) is 16.2 Å². The second-order valence-electron chi connectivity index (χ2n) is 19.7. The maximum atomic E-state index is 2.55. The van der Waals surface area contributed by atoms with Crippen LogP contribution in [0, 0.1) is 0 Å². The lowest BCUT2D eigenvalue weighted by Gasteiger charge is -2.30. The zero-order chi connectivity index (χ0) is 43.5. The molecular formula is C64H51N. The number of anilines is 3. The van der Waals surface area contributed by atoms with E-state index < -0.39 is 0 Å². The highest BCUT2D eigenvalue weighted by Gasteiger charge is 2.45. The highest BCUT2D eigenvalue weighted by molar-refractivity contribution is 5.91. The smallest absolute Gasteiger partial charge is 0.0467 e. The van der Waals surface area contributed by atoms with E-state index in [0.29, 0.717) is 0 Å². The topological polar surface area (TPSA) is 3.24 Å². The molecule has 1 fully saturated rings. The number of benzene rings is 9. The molecule has 1 atom stereocenters. The Morgan fingerprint density at radius 1 is 0.338 bits per heavy atom. The van der Waals surface area contributed by atoms with Crippen LogP contribution in [0.3, 0.4) is 0 Å². The first-order chi connectivity index (χ1) is 31.8. The number of rotatable bonds is 6. The summed E-state index contributed by atoms with van der Waals surface area (Å²) in [5.74, 6) is 0. The molecule has 9 aromatic rings. The monoisotopic (exact) mass is 833 g/mol. The van der Waals surface area contributed by atoms with Gasteiger partial charge in [-0.25, -0.2) is 0 Å². The zero-order valence-electron chi connectivity index (χ0n) is 37.4. The Labute approximate surface area is 383 Å². The molecule has 0 aliphatic heterocycles. The molecule has 13 rings (SSSR count). The first-order valence-corrected chi connectivity index (χ1v) is 23.6. The molecule has 0 radical (unpaired) electrons. The van der Waals surface area contributed by atoms with Gasteiger partial charge in [-0.2, -0.15) is 0 Å². The first-order valence-electron chi connectivity index (χ1n) is 23.6. The third kappa shape index (κ3) is 5.45. The van der Waals surface area contributed by atoms with Crippen molar-refractivity contribution in [3.8, 4) is 55.6 Å². The molecule has 65 heavy (non-hydrogen) atoms. The van der Waals surface area contributed by atoms with E-state index >= 15 is 0 Å². The molecule has 1 saturated carbocycles. The van der Waals surface area contributed by atoms with Crippen molar-refractivity contribution in [1.82, 2.24) is 0 Å². The molecule has 1 spiro atoms. The molecule has 0 aromatic heterocycles. The maximum Gasteiger partial charge on any atom is 0.0467 e. The van der Waals surface area contributed by atoms with Gasteiger partial charge in [0.15, 0.2) is 0 Å². The Morgan fingerprint density at radius 3 is 1.65 bits per heavy atom. The van der Waals surface area contributed by atoms with E-state index in [4.69, 9.17) is 0 Å². The summed E-state index contributed by atoms with van der Waals surface area (Å²) >= 11 is 0. The van der Waals surface area contributed by atoms with Gasteiger partial charge >= 0.3 is 0 Å². The molecule has 0 saturated heterocycles. The lowest BCUT2D eigenvalue weighted by atomic mass is 9.74. The van der Waals surface area contributed by atoms with Gasteiger partial charge in [0.05, 0.1) is 0 Å². The number of hydrogen-bond acceptors (Lipinski definition) is 1. The van der Waals surface area contributed by atoms with Crippen molar-refractivity contribution >= 4 is 17.1 Å². The predicted molar refractivity (Wildman–Crippen MR) is 272 cm³/mol. The van der Waals surface area contributed by atoms with Crippen LogP contribution in [0.1, 0.15) is 85.4 Å². The average Bonchev–Trinajstić information content (AvgIpc) is 4.09. The fraction of sp³-hybridized carbons (Fsp3) is 0.156. The van der Waals surface area contributed by atoms with Crippen LogP contribution in [-0.4, -0.2) is 0 Å². The standard InChI is InChI=1S/C64H51N/c1-62(2)56-26-10-7-23-52(56)55-25-16-24-49(61(55)62)44-17-15-20-47(39-44)65(48-34-36-54-51-22-9-12-28-58(51)64(60(54)41-48)37-13-14-38-64)46-32-29-42(30-33-46)43-31-35-53-50-21-8-11-27-57(50)63(3,59(53)40-43)45-18-5-4-6-19-45/h4-12,15-36,39-41H,13-14,37-38H2,1-3H3. The molecule has 4 aliphatic carbocycles. The van der Waals surface area contributed by atoms with Crippen molar-refractivity contribution in [3.63, 3.8) is 0 Å². The Balaban J connectivity index is 0.947. The fourth-order valence-corrected chi connectivity index (χ4v) is 13.0. The summed E-state index contributed by atoms with van der Waals surface area (Å²) < 4.78 is 0. The van der Waals surface area contributed by atoms with Gasteiger partial charge in [-0.05, 0) is 157 Å². The van der Waals surface area contributed by atoms with E-state index in [-0.39, 0.29) is 16.2 Å². The summed E-state index contributed by atoms with van der Waals surface area (Å²) in [5.41, 5.74) is 26.3. The highest BCUT2D eigenvalue weighted by atomic mass is 15.1. The summed E-state index contributed by atoms with van der Waals surface area (Å²) in [6.07, 6.45) is 4.95. The van der Waals surface area contributed by atoms with E-state index in [0.717, 1.165) is 11.4 Å². The average molecular weight is 834 g/mol. The highest BCUT2D eigenvalue weighted by Crippen LogP contribution is 2.59. The van der Waals surface area contributed by atoms with Gasteiger partial charge in [0, 0.05) is 33.3 Å². The van der Waals surface area contributed by atoms with Crippen LogP contribution in [0.4, 0.5) is 17.1 Å². The Kier molecular flexibility index (Phi) is 8.32. The minimum absolute atomic E-state index is 0.0754. The quantitative estimate of drug-likeness (QED) is 0.161. The minimum atomic E-state index is -0.244. The largest absolute Gasteiger partial charge is 0.310 e. The maximum absolute atomic E-state index is 2.55. The number of fused-ring (bicyclic) bond motifs is 11. The second-order valence-corrected chi connectivity index (χ2v) is 19.7. The molecule has 0 bridgehead atoms. The summed E-state index contributed by atoms with van der Waals surface area (Å²) in [6, 6.07) is 78.2. The van der Waals surface area contributed by atoms with Crippen molar-refractivity contribution in [2.45, 2.75) is 62.7 Å². The van der Waals surface area contributed by atoms with Gasteiger partial charge in [-0.1, -0.05) is 190 Å². The van der Waals surface area contributed by atoms with Gasteiger partial charge in [0.25, 0.3) is 0 Å². The van der Waals surface area contributed by atoms with E-state index in [1.54, 1.807) is 0 Å². The van der Waals surface area contributed by atoms with E-state index in [1.807, 2.05) is 0 Å². The predicted octanol–water partition coefficient (Wildman–Crippen LogP) is 17.0. The molecule has 1 heteroatoms. The molecule has 312 valence electrons. The van der Waals surface area contributed by atoms with Crippen LogP contribution in [0.2, 0.25) is 0 Å². The van der Waals surface area contributed by atoms with Crippen LogP contribution in [0.25, 0.3) is 55.6 Å². The number of hydrogen-bond donors (Lipinski definition) is 0. The van der Waals surface area contributed by atoms with Gasteiger partial charge in [-0.3, -0.25) is 0 Å². The lowest BCUT2D eigenvalue weighted by Crippen LogP contribution is -2.22. The van der Waals surface area contributed by atoms with E-state index in [2.05, 4.69) is 232 Å². The molecule has 0 N–H and O–H groups in total. The van der Waals surface area contributed by atoms with Gasteiger partial charge in [0.2, 0.25) is 0 Å². The van der Waals surface area contributed by atoms with Crippen LogP contribution in [0.5, 0.6) is 0 Å². The van der Waals surface area contributed by atoms with Gasteiger partial charge < -0.3 is 4.90 Å². The van der Waals surface area contributed by atoms with Crippen molar-refractivity contribution in [3.05, 3.63) is 245 Å².